The van der Waals surface area contributed by atoms with E-state index in [4.69, 9.17) is 0 Å². The van der Waals surface area contributed by atoms with E-state index in [2.05, 4.69) is 60.3 Å². The smallest absolute Gasteiger partial charge is 0.0594 e. The highest BCUT2D eigenvalue weighted by Crippen LogP contribution is 2.85. The van der Waals surface area contributed by atoms with Crippen LogP contribution in [0.1, 0.15) is 92.9 Å². The van der Waals surface area contributed by atoms with E-state index in [0.717, 1.165) is 6.42 Å². The molecule has 0 amide bonds. The second-order valence-electron chi connectivity index (χ2n) is 13.9. The van der Waals surface area contributed by atoms with E-state index in [1.807, 2.05) is 5.57 Å². The molecule has 4 fully saturated rings. The van der Waals surface area contributed by atoms with Crippen molar-refractivity contribution in [3.63, 3.8) is 0 Å². The molecule has 7 atom stereocenters. The Morgan fingerprint density at radius 3 is 2.56 bits per heavy atom. The largest absolute Gasteiger partial charge is 0.395 e. The number of aliphatic hydroxyl groups is 2. The summed E-state index contributed by atoms with van der Waals surface area (Å²) in [5, 5.41) is 20.6. The van der Waals surface area contributed by atoms with Gasteiger partial charge in [-0.3, -0.25) is 0 Å². The number of fused-ring (bicyclic) bond motifs is 2. The molecule has 32 heavy (non-hydrogen) atoms. The Bertz CT molecular complexity index is 891. The molecule has 2 N–H and O–H groups in total. The van der Waals surface area contributed by atoms with Crippen LogP contribution in [0.2, 0.25) is 0 Å². The highest BCUT2D eigenvalue weighted by molar-refractivity contribution is 5.44. The monoisotopic (exact) mass is 438 g/mol. The number of hydrogen-bond acceptors (Lipinski definition) is 2. The fourth-order valence-electron chi connectivity index (χ4n) is 9.37. The summed E-state index contributed by atoms with van der Waals surface area (Å²) in [6.45, 7) is 18.4. The van der Waals surface area contributed by atoms with Gasteiger partial charge in [-0.15, -0.1) is 0 Å². The molecule has 5 rings (SSSR count). The third-order valence-corrected chi connectivity index (χ3v) is 12.0. The fraction of sp³-hybridized carbons (Fsp3) is 0.800. The third kappa shape index (κ3) is 2.72. The highest BCUT2D eigenvalue weighted by Gasteiger charge is 2.78. The summed E-state index contributed by atoms with van der Waals surface area (Å²) in [7, 11) is 0. The van der Waals surface area contributed by atoms with Crippen LogP contribution in [0, 0.1) is 44.8 Å². The van der Waals surface area contributed by atoms with Gasteiger partial charge in [0.2, 0.25) is 0 Å². The first-order valence-corrected chi connectivity index (χ1v) is 13.2. The van der Waals surface area contributed by atoms with Crippen LogP contribution in [0.5, 0.6) is 0 Å². The molecule has 0 aromatic carbocycles. The van der Waals surface area contributed by atoms with Crippen molar-refractivity contribution in [2.45, 2.75) is 99.0 Å². The molecule has 5 aliphatic rings. The van der Waals surface area contributed by atoms with Crippen molar-refractivity contribution in [1.29, 1.82) is 0 Å². The van der Waals surface area contributed by atoms with Crippen LogP contribution < -0.4 is 0 Å². The highest BCUT2D eigenvalue weighted by atomic mass is 16.3. The minimum Gasteiger partial charge on any atom is -0.395 e. The molecule has 0 aromatic rings. The lowest BCUT2D eigenvalue weighted by Gasteiger charge is -2.56. The number of aliphatic hydroxyl groups excluding tert-OH is 2. The van der Waals surface area contributed by atoms with Crippen molar-refractivity contribution in [2.24, 2.45) is 44.8 Å². The second kappa shape index (κ2) is 6.85. The molecule has 0 bridgehead atoms. The summed E-state index contributed by atoms with van der Waals surface area (Å²) in [5.41, 5.74) is 5.43. The molecule has 2 nitrogen and oxygen atoms in total. The summed E-state index contributed by atoms with van der Waals surface area (Å²) in [6, 6.07) is 0. The van der Waals surface area contributed by atoms with Gasteiger partial charge < -0.3 is 10.2 Å². The maximum Gasteiger partial charge on any atom is 0.0594 e. The van der Waals surface area contributed by atoms with Crippen LogP contribution in [0.3, 0.4) is 0 Å². The van der Waals surface area contributed by atoms with Crippen molar-refractivity contribution >= 4 is 0 Å². The number of allylic oxidation sites excluding steroid dienone is 4. The lowest BCUT2D eigenvalue weighted by Crippen LogP contribution is -2.51. The average molecular weight is 439 g/mol. The number of rotatable bonds is 4. The Morgan fingerprint density at radius 2 is 1.88 bits per heavy atom. The Morgan fingerprint density at radius 1 is 1.16 bits per heavy atom. The number of hydrogen-bond donors (Lipinski definition) is 2. The van der Waals surface area contributed by atoms with Gasteiger partial charge in [0, 0.05) is 5.41 Å². The summed E-state index contributed by atoms with van der Waals surface area (Å²) in [5.74, 6) is 1.89. The first-order chi connectivity index (χ1) is 14.9. The zero-order chi connectivity index (χ0) is 23.3. The minimum absolute atomic E-state index is 0.0405. The van der Waals surface area contributed by atoms with Gasteiger partial charge in [-0.2, -0.15) is 0 Å². The Hall–Kier alpha value is -0.860. The third-order valence-electron chi connectivity index (χ3n) is 12.0. The van der Waals surface area contributed by atoms with Crippen molar-refractivity contribution in [3.8, 4) is 0 Å². The maximum atomic E-state index is 10.8. The normalized spacial score (nSPS) is 47.0. The lowest BCUT2D eigenvalue weighted by atomic mass is 9.49. The van der Waals surface area contributed by atoms with E-state index in [1.165, 1.54) is 56.1 Å². The molecule has 4 saturated carbocycles. The Labute approximate surface area is 196 Å². The summed E-state index contributed by atoms with van der Waals surface area (Å²) >= 11 is 0. The predicted octanol–water partition coefficient (Wildman–Crippen LogP) is 6.84. The van der Waals surface area contributed by atoms with Gasteiger partial charge in [-0.1, -0.05) is 70.1 Å². The fourth-order valence-corrected chi connectivity index (χ4v) is 9.37. The van der Waals surface area contributed by atoms with Crippen LogP contribution in [0.4, 0.5) is 0 Å². The average Bonchev–Trinajstić information content (AvgIpc) is 3.27. The van der Waals surface area contributed by atoms with Crippen molar-refractivity contribution < 1.29 is 10.2 Å². The summed E-state index contributed by atoms with van der Waals surface area (Å²) in [6.07, 6.45) is 14.8. The zero-order valence-corrected chi connectivity index (χ0v) is 21.4. The molecule has 0 aromatic heterocycles. The maximum absolute atomic E-state index is 10.8. The molecule has 2 heteroatoms. The molecule has 0 aliphatic heterocycles. The first-order valence-electron chi connectivity index (χ1n) is 13.2. The van der Waals surface area contributed by atoms with Gasteiger partial charge in [-0.05, 0) is 97.7 Å². The minimum atomic E-state index is -0.182. The Kier molecular flexibility index (Phi) is 4.90. The molecule has 5 aliphatic carbocycles. The van der Waals surface area contributed by atoms with E-state index < -0.39 is 0 Å². The van der Waals surface area contributed by atoms with Gasteiger partial charge in [0.15, 0.2) is 0 Å². The standard InChI is InChI=1S/C30H46O2/c1-19(16-20(2)26(3,4)18-31)21-8-9-22-23-10-11-24-27(5,6)25(32)12-13-30(24)17-29(23,30)15-14-28(21,22)7/h10,16,21-22,24-25,31-32H,1,8-9,11-15,17-18H2,2-7H3/t21-,22-,24+,25+,28+,29+,30-/m1/s1. The topological polar surface area (TPSA) is 40.5 Å². The van der Waals surface area contributed by atoms with E-state index in [0.29, 0.717) is 34.0 Å². The van der Waals surface area contributed by atoms with Gasteiger partial charge >= 0.3 is 0 Å². The molecular formula is C30H46O2. The van der Waals surface area contributed by atoms with Crippen molar-refractivity contribution in [1.82, 2.24) is 0 Å². The van der Waals surface area contributed by atoms with Crippen LogP contribution in [-0.4, -0.2) is 22.9 Å². The van der Waals surface area contributed by atoms with E-state index in [1.54, 1.807) is 0 Å². The van der Waals surface area contributed by atoms with Crippen LogP contribution >= 0.6 is 0 Å². The molecule has 0 unspecified atom stereocenters. The van der Waals surface area contributed by atoms with Gasteiger partial charge in [0.25, 0.3) is 0 Å². The van der Waals surface area contributed by atoms with Gasteiger partial charge in [0.1, 0.15) is 0 Å². The Balaban J connectivity index is 1.44. The van der Waals surface area contributed by atoms with Crippen LogP contribution in [-0.2, 0) is 0 Å². The van der Waals surface area contributed by atoms with E-state index >= 15 is 0 Å². The summed E-state index contributed by atoms with van der Waals surface area (Å²) in [4.78, 5) is 0. The summed E-state index contributed by atoms with van der Waals surface area (Å²) < 4.78 is 0. The lowest BCUT2D eigenvalue weighted by molar-refractivity contribution is -0.0839. The SMILES string of the molecule is C=C(C=C(C)C(C)(C)CO)[C@H]1CC[C@@H]2C3=CC[C@H]4C(C)(C)[C@@H](O)CC[C@@]45C[C@@]35CC[C@@]12C. The van der Waals surface area contributed by atoms with Crippen LogP contribution in [0.15, 0.2) is 35.5 Å². The van der Waals surface area contributed by atoms with E-state index in [-0.39, 0.29) is 23.5 Å². The molecule has 178 valence electrons. The zero-order valence-electron chi connectivity index (χ0n) is 21.4. The molecule has 0 heterocycles. The molecule has 0 saturated heterocycles. The molecular weight excluding hydrogens is 392 g/mol. The van der Waals surface area contributed by atoms with Gasteiger partial charge in [-0.25, -0.2) is 0 Å². The molecule has 0 radical (unpaired) electrons. The molecule has 2 spiro atoms. The van der Waals surface area contributed by atoms with E-state index in [9.17, 15) is 10.2 Å². The van der Waals surface area contributed by atoms with Crippen molar-refractivity contribution in [2.75, 3.05) is 6.61 Å². The van der Waals surface area contributed by atoms with Crippen molar-refractivity contribution in [3.05, 3.63) is 35.5 Å². The van der Waals surface area contributed by atoms with Gasteiger partial charge in [0.05, 0.1) is 12.7 Å². The second-order valence-corrected chi connectivity index (χ2v) is 13.9. The first kappa shape index (κ1) is 22.9. The quantitative estimate of drug-likeness (QED) is 0.373. The predicted molar refractivity (Wildman–Crippen MR) is 132 cm³/mol. The van der Waals surface area contributed by atoms with Crippen LogP contribution in [0.25, 0.3) is 0 Å².